The lowest BCUT2D eigenvalue weighted by atomic mass is 10.0. The molecule has 1 aliphatic heterocycles. The Morgan fingerprint density at radius 3 is 2.36 bits per heavy atom. The van der Waals surface area contributed by atoms with Crippen LogP contribution in [-0.2, 0) is 14.8 Å². The highest BCUT2D eigenvalue weighted by atomic mass is 32.2. The number of hydrogen-bond acceptors (Lipinski definition) is 9. The summed E-state index contributed by atoms with van der Waals surface area (Å²) in [5.74, 6) is 1.27. The van der Waals surface area contributed by atoms with Gasteiger partial charge in [-0.15, -0.1) is 11.3 Å². The van der Waals surface area contributed by atoms with Crippen LogP contribution in [0.1, 0.15) is 45.2 Å². The number of nitrogens with zero attached hydrogens (tertiary/aromatic N) is 4. The molecule has 1 atom stereocenters. The molecule has 3 heterocycles. The molecule has 1 fully saturated rings. The number of carbonyl (C=O) groups is 1. The predicted octanol–water partition coefficient (Wildman–Crippen LogP) is 6.17. The van der Waals surface area contributed by atoms with Crippen LogP contribution in [0.25, 0.3) is 10.8 Å². The number of anilines is 1. The van der Waals surface area contributed by atoms with Crippen LogP contribution >= 0.6 is 11.3 Å². The van der Waals surface area contributed by atoms with Gasteiger partial charge in [0.15, 0.2) is 17.4 Å². The number of rotatable bonds is 11. The van der Waals surface area contributed by atoms with E-state index in [1.54, 1.807) is 43.7 Å². The van der Waals surface area contributed by atoms with Crippen molar-refractivity contribution in [1.82, 2.24) is 13.8 Å². The molecular weight excluding hydrogens is 641 g/mol. The van der Waals surface area contributed by atoms with Crippen molar-refractivity contribution in [3.63, 3.8) is 0 Å². The summed E-state index contributed by atoms with van der Waals surface area (Å²) in [6, 6.07) is 14.5. The van der Waals surface area contributed by atoms with Crippen LogP contribution in [0.3, 0.4) is 0 Å². The molecule has 0 saturated carbocycles. The normalized spacial score (nSPS) is 14.9. The van der Waals surface area contributed by atoms with Gasteiger partial charge in [-0.2, -0.15) is 0 Å². The highest BCUT2D eigenvalue weighted by molar-refractivity contribution is 7.91. The molecule has 0 aliphatic carbocycles. The molecule has 1 saturated heterocycles. The van der Waals surface area contributed by atoms with Crippen LogP contribution in [0.2, 0.25) is 0 Å². The maximum absolute atomic E-state index is 13.1. The van der Waals surface area contributed by atoms with E-state index in [2.05, 4.69) is 4.90 Å². The van der Waals surface area contributed by atoms with Crippen molar-refractivity contribution in [2.24, 2.45) is 0 Å². The van der Waals surface area contributed by atoms with Gasteiger partial charge in [-0.25, -0.2) is 17.5 Å². The number of aromatic hydroxyl groups is 1. The van der Waals surface area contributed by atoms with E-state index in [-0.39, 0.29) is 18.0 Å². The first-order valence-corrected chi connectivity index (χ1v) is 17.9. The number of benzene rings is 2. The van der Waals surface area contributed by atoms with Crippen molar-refractivity contribution >= 4 is 43.9 Å². The number of carbonyl (C=O) groups excluding carboxylic acids is 1. The summed E-state index contributed by atoms with van der Waals surface area (Å²) in [6.45, 7) is 8.17. The lowest BCUT2D eigenvalue weighted by molar-refractivity contribution is 0.0240. The molecule has 2 aromatic carbocycles. The second kappa shape index (κ2) is 14.0. The molecule has 1 N–H and O–H groups in total. The minimum absolute atomic E-state index is 0.119. The lowest BCUT2D eigenvalue weighted by Crippen LogP contribution is -2.50. The highest BCUT2D eigenvalue weighted by Crippen LogP contribution is 2.41. The number of aromatic nitrogens is 1. The molecule has 0 radical (unpaired) electrons. The standard InChI is InChI=1S/C34H44N4O7S2/c1-34(2,3)45-33(40)37-19-17-36(18-20-37)28-11-7-10-25-26(28)23-38(32(25)39)27(24-14-15-29(43-5)30(22-24)44-6)12-8-16-35(4)47(41,42)31-13-9-21-46-31/h7,9-11,13-15,21-23,27,39H,8,12,16-20H2,1-6H3/t27-/m1/s1. The highest BCUT2D eigenvalue weighted by Gasteiger charge is 2.28. The molecular formula is C34H44N4O7S2. The molecule has 1 amide bonds. The Labute approximate surface area is 280 Å². The van der Waals surface area contributed by atoms with Crippen molar-refractivity contribution in [3.8, 4) is 17.4 Å². The zero-order valence-corrected chi connectivity index (χ0v) is 29.4. The topological polar surface area (TPSA) is 114 Å². The molecule has 254 valence electrons. The summed E-state index contributed by atoms with van der Waals surface area (Å²) in [7, 11) is 1.17. The Bertz CT molecular complexity index is 1790. The van der Waals surface area contributed by atoms with Gasteiger partial charge in [0.05, 0.1) is 20.3 Å². The third-order valence-corrected chi connectivity index (χ3v) is 11.6. The third kappa shape index (κ3) is 7.47. The number of hydrogen-bond donors (Lipinski definition) is 1. The molecule has 0 spiro atoms. The zero-order valence-electron chi connectivity index (χ0n) is 27.8. The lowest BCUT2D eigenvalue weighted by Gasteiger charge is -2.37. The van der Waals surface area contributed by atoms with E-state index < -0.39 is 15.6 Å². The quantitative estimate of drug-likeness (QED) is 0.200. The van der Waals surface area contributed by atoms with Crippen molar-refractivity contribution in [2.75, 3.05) is 58.9 Å². The van der Waals surface area contributed by atoms with E-state index >= 15 is 0 Å². The van der Waals surface area contributed by atoms with Gasteiger partial charge in [-0.3, -0.25) is 0 Å². The van der Waals surface area contributed by atoms with Crippen molar-refractivity contribution in [3.05, 3.63) is 65.7 Å². The van der Waals surface area contributed by atoms with Gasteiger partial charge in [0.2, 0.25) is 0 Å². The Kier molecular flexibility index (Phi) is 10.3. The van der Waals surface area contributed by atoms with Crippen molar-refractivity contribution < 1.29 is 32.5 Å². The average molecular weight is 685 g/mol. The number of fused-ring (bicyclic) bond motifs is 1. The van der Waals surface area contributed by atoms with Crippen LogP contribution in [0.4, 0.5) is 10.5 Å². The summed E-state index contributed by atoms with van der Waals surface area (Å²) in [5.41, 5.74) is 1.29. The van der Waals surface area contributed by atoms with Crippen molar-refractivity contribution in [2.45, 2.75) is 49.5 Å². The fraction of sp³-hybridized carbons (Fsp3) is 0.441. The van der Waals surface area contributed by atoms with Gasteiger partial charge in [-0.05, 0) is 74.9 Å². The summed E-state index contributed by atoms with van der Waals surface area (Å²) < 4.78 is 46.3. The average Bonchev–Trinajstić information content (AvgIpc) is 3.71. The first-order chi connectivity index (χ1) is 22.3. The molecule has 4 aromatic rings. The Morgan fingerprint density at radius 1 is 1.00 bits per heavy atom. The summed E-state index contributed by atoms with van der Waals surface area (Å²) >= 11 is 1.20. The third-order valence-electron chi connectivity index (χ3n) is 8.35. The number of ether oxygens (including phenoxy) is 3. The van der Waals surface area contributed by atoms with Gasteiger partial charge < -0.3 is 33.7 Å². The smallest absolute Gasteiger partial charge is 0.410 e. The first kappa shape index (κ1) is 34.4. The number of thiophene rings is 1. The van der Waals surface area contributed by atoms with Gasteiger partial charge in [0, 0.05) is 62.4 Å². The zero-order chi connectivity index (χ0) is 33.9. The van der Waals surface area contributed by atoms with E-state index in [1.807, 2.05) is 67.9 Å². The maximum atomic E-state index is 13.1. The fourth-order valence-corrected chi connectivity index (χ4v) is 8.32. The maximum Gasteiger partial charge on any atom is 0.410 e. The van der Waals surface area contributed by atoms with E-state index in [0.717, 1.165) is 16.6 Å². The predicted molar refractivity (Wildman–Crippen MR) is 185 cm³/mol. The summed E-state index contributed by atoms with van der Waals surface area (Å²) in [6.07, 6.45) is 2.73. The first-order valence-electron chi connectivity index (χ1n) is 15.6. The minimum Gasteiger partial charge on any atom is -0.494 e. The number of sulfonamides is 1. The van der Waals surface area contributed by atoms with Crippen LogP contribution in [0.5, 0.6) is 17.4 Å². The van der Waals surface area contributed by atoms with E-state index in [1.165, 1.54) is 15.6 Å². The van der Waals surface area contributed by atoms with E-state index in [0.29, 0.717) is 66.7 Å². The molecule has 13 heteroatoms. The summed E-state index contributed by atoms with van der Waals surface area (Å²) in [5, 5.41) is 15.0. The van der Waals surface area contributed by atoms with E-state index in [4.69, 9.17) is 14.2 Å². The Morgan fingerprint density at radius 2 is 1.72 bits per heavy atom. The molecule has 0 unspecified atom stereocenters. The van der Waals surface area contributed by atoms with Crippen LogP contribution < -0.4 is 14.4 Å². The van der Waals surface area contributed by atoms with Crippen molar-refractivity contribution in [1.29, 1.82) is 0 Å². The van der Waals surface area contributed by atoms with Crippen LogP contribution in [-0.4, -0.2) is 93.0 Å². The second-order valence-electron chi connectivity index (χ2n) is 12.6. The monoisotopic (exact) mass is 684 g/mol. The number of piperazine rings is 1. The minimum atomic E-state index is -3.59. The SMILES string of the molecule is COc1ccc([C@@H](CCCN(C)S(=O)(=O)c2cccs2)n2cc3c(N4CCN(C(=O)OC(C)(C)C)CC4)cccc3c2O)cc1OC. The van der Waals surface area contributed by atoms with Crippen LogP contribution in [0, 0.1) is 0 Å². The molecule has 0 bridgehead atoms. The molecule has 11 nitrogen and oxygen atoms in total. The van der Waals surface area contributed by atoms with E-state index in [9.17, 15) is 18.3 Å². The number of methoxy groups -OCH3 is 2. The molecule has 1 aliphatic rings. The molecule has 2 aromatic heterocycles. The number of amides is 1. The fourth-order valence-electron chi connectivity index (χ4n) is 5.91. The summed E-state index contributed by atoms with van der Waals surface area (Å²) in [4.78, 5) is 16.6. The molecule has 47 heavy (non-hydrogen) atoms. The van der Waals surface area contributed by atoms with Gasteiger partial charge in [0.25, 0.3) is 10.0 Å². The van der Waals surface area contributed by atoms with Gasteiger partial charge in [0.1, 0.15) is 9.81 Å². The van der Waals surface area contributed by atoms with Gasteiger partial charge >= 0.3 is 6.09 Å². The molecule has 5 rings (SSSR count). The largest absolute Gasteiger partial charge is 0.494 e. The second-order valence-corrected chi connectivity index (χ2v) is 15.8. The van der Waals surface area contributed by atoms with Crippen LogP contribution in [0.15, 0.2) is 64.3 Å². The Balaban J connectivity index is 1.43. The Hall–Kier alpha value is -3.94. The van der Waals surface area contributed by atoms with Gasteiger partial charge in [-0.1, -0.05) is 18.2 Å².